The summed E-state index contributed by atoms with van der Waals surface area (Å²) in [5, 5.41) is 9.11. The molecule has 0 saturated carbocycles. The molecule has 1 fully saturated rings. The molecule has 6 heteroatoms. The van der Waals surface area contributed by atoms with Crippen LogP contribution in [0, 0.1) is 0 Å². The fourth-order valence-electron chi connectivity index (χ4n) is 3.72. The molecule has 1 saturated heterocycles. The molecule has 0 radical (unpaired) electrons. The van der Waals surface area contributed by atoms with E-state index in [1.165, 1.54) is 0 Å². The fourth-order valence-corrected chi connectivity index (χ4v) is 3.72. The largest absolute Gasteiger partial charge is 0.496 e. The Morgan fingerprint density at radius 1 is 1.00 bits per heavy atom. The first-order valence-electron chi connectivity index (χ1n) is 9.53. The van der Waals surface area contributed by atoms with Crippen LogP contribution in [0.1, 0.15) is 34.8 Å². The minimum Gasteiger partial charge on any atom is -0.496 e. The van der Waals surface area contributed by atoms with Crippen molar-refractivity contribution in [2.45, 2.75) is 18.9 Å². The van der Waals surface area contributed by atoms with Crippen LogP contribution < -0.4 is 4.74 Å². The van der Waals surface area contributed by atoms with Gasteiger partial charge in [0, 0.05) is 38.6 Å². The highest BCUT2D eigenvalue weighted by atomic mass is 16.5. The minimum absolute atomic E-state index is 0.0288. The maximum Gasteiger partial charge on any atom is 0.303 e. The van der Waals surface area contributed by atoms with Gasteiger partial charge in [0.2, 0.25) is 0 Å². The average Bonchev–Trinajstić information content (AvgIpc) is 2.74. The molecule has 1 atom stereocenters. The summed E-state index contributed by atoms with van der Waals surface area (Å²) in [5.74, 6) is -0.233. The van der Waals surface area contributed by atoms with E-state index in [1.807, 2.05) is 47.4 Å². The first kappa shape index (κ1) is 19.9. The number of amides is 1. The smallest absolute Gasteiger partial charge is 0.303 e. The van der Waals surface area contributed by atoms with Crippen LogP contribution in [0.25, 0.3) is 0 Å². The highest BCUT2D eigenvalue weighted by Gasteiger charge is 2.28. The van der Waals surface area contributed by atoms with Gasteiger partial charge in [-0.1, -0.05) is 42.5 Å². The number of benzene rings is 2. The number of carbonyl (C=O) groups is 2. The van der Waals surface area contributed by atoms with E-state index in [9.17, 15) is 9.59 Å². The molecular weight excluding hydrogens is 356 g/mol. The van der Waals surface area contributed by atoms with Gasteiger partial charge < -0.3 is 14.7 Å². The molecule has 0 spiro atoms. The number of aliphatic carboxylic acids is 1. The Kier molecular flexibility index (Phi) is 6.66. The van der Waals surface area contributed by atoms with Gasteiger partial charge in [0.15, 0.2) is 0 Å². The van der Waals surface area contributed by atoms with Crippen molar-refractivity contribution in [2.75, 3.05) is 33.3 Å². The molecule has 0 aromatic heterocycles. The summed E-state index contributed by atoms with van der Waals surface area (Å²) in [6, 6.07) is 17.3. The van der Waals surface area contributed by atoms with Crippen molar-refractivity contribution in [1.82, 2.24) is 9.80 Å². The van der Waals surface area contributed by atoms with Crippen LogP contribution in [0.15, 0.2) is 54.6 Å². The molecule has 0 unspecified atom stereocenters. The van der Waals surface area contributed by atoms with Gasteiger partial charge >= 0.3 is 5.97 Å². The summed E-state index contributed by atoms with van der Waals surface area (Å²) in [6.45, 7) is 2.63. The third kappa shape index (κ3) is 4.70. The summed E-state index contributed by atoms with van der Waals surface area (Å²) in [7, 11) is 1.57. The van der Waals surface area contributed by atoms with E-state index >= 15 is 0 Å². The first-order valence-corrected chi connectivity index (χ1v) is 9.53. The molecule has 2 aromatic rings. The molecule has 1 heterocycles. The van der Waals surface area contributed by atoms with Gasteiger partial charge in [0.1, 0.15) is 5.75 Å². The maximum atomic E-state index is 12.9. The monoisotopic (exact) mass is 382 g/mol. The summed E-state index contributed by atoms with van der Waals surface area (Å²) in [5.41, 5.74) is 1.69. The maximum absolute atomic E-state index is 12.9. The number of carboxylic acid groups (broad SMARTS) is 1. The zero-order chi connectivity index (χ0) is 19.9. The number of piperazine rings is 1. The second-order valence-electron chi connectivity index (χ2n) is 6.89. The molecule has 3 rings (SSSR count). The molecule has 0 aliphatic carbocycles. The lowest BCUT2D eigenvalue weighted by Crippen LogP contribution is -2.49. The second kappa shape index (κ2) is 9.37. The molecule has 6 nitrogen and oxygen atoms in total. The summed E-state index contributed by atoms with van der Waals surface area (Å²) < 4.78 is 5.32. The predicted octanol–water partition coefficient (Wildman–Crippen LogP) is 3.06. The third-order valence-corrected chi connectivity index (χ3v) is 5.20. The molecule has 28 heavy (non-hydrogen) atoms. The number of carboxylic acids is 1. The van der Waals surface area contributed by atoms with Crippen LogP contribution in [-0.4, -0.2) is 60.1 Å². The summed E-state index contributed by atoms with van der Waals surface area (Å²) in [6.07, 6.45) is 0.680. The molecule has 2 aromatic carbocycles. The zero-order valence-corrected chi connectivity index (χ0v) is 16.1. The van der Waals surface area contributed by atoms with Crippen molar-refractivity contribution >= 4 is 11.9 Å². The van der Waals surface area contributed by atoms with Gasteiger partial charge in [-0.25, -0.2) is 0 Å². The molecule has 1 aliphatic rings. The van der Waals surface area contributed by atoms with Crippen LogP contribution in [-0.2, 0) is 4.79 Å². The first-order chi connectivity index (χ1) is 13.6. The lowest BCUT2D eigenvalue weighted by molar-refractivity contribution is -0.137. The number of carbonyl (C=O) groups excluding carboxylic acids is 1. The Balaban J connectivity index is 1.68. The van der Waals surface area contributed by atoms with Gasteiger partial charge in [0.25, 0.3) is 5.91 Å². The van der Waals surface area contributed by atoms with Crippen molar-refractivity contribution < 1.29 is 19.4 Å². The van der Waals surface area contributed by atoms with Crippen molar-refractivity contribution in [3.05, 3.63) is 65.7 Å². The van der Waals surface area contributed by atoms with E-state index in [2.05, 4.69) is 4.90 Å². The highest BCUT2D eigenvalue weighted by molar-refractivity contribution is 5.97. The summed E-state index contributed by atoms with van der Waals surface area (Å²) >= 11 is 0. The fraction of sp³-hybridized carbons (Fsp3) is 0.364. The van der Waals surface area contributed by atoms with Crippen LogP contribution in [0.2, 0.25) is 0 Å². The van der Waals surface area contributed by atoms with E-state index in [4.69, 9.17) is 9.84 Å². The van der Waals surface area contributed by atoms with Crippen LogP contribution in [0.4, 0.5) is 0 Å². The molecule has 148 valence electrons. The summed E-state index contributed by atoms with van der Waals surface area (Å²) in [4.78, 5) is 28.1. The van der Waals surface area contributed by atoms with E-state index in [0.717, 1.165) is 5.56 Å². The Morgan fingerprint density at radius 2 is 1.64 bits per heavy atom. The third-order valence-electron chi connectivity index (χ3n) is 5.20. The topological polar surface area (TPSA) is 70.1 Å². The van der Waals surface area contributed by atoms with Crippen LogP contribution >= 0.6 is 0 Å². The second-order valence-corrected chi connectivity index (χ2v) is 6.89. The SMILES string of the molecule is COc1ccccc1C(=O)N1CCN([C@@H](CCC(=O)O)c2ccccc2)CC1. The number of ether oxygens (including phenoxy) is 1. The van der Waals surface area contributed by atoms with Gasteiger partial charge in [-0.05, 0) is 24.1 Å². The molecule has 1 N–H and O–H groups in total. The van der Waals surface area contributed by atoms with Crippen LogP contribution in [0.3, 0.4) is 0 Å². The van der Waals surface area contributed by atoms with Crippen molar-refractivity contribution in [1.29, 1.82) is 0 Å². The number of rotatable bonds is 7. The van der Waals surface area contributed by atoms with Gasteiger partial charge in [0.05, 0.1) is 12.7 Å². The molecule has 0 bridgehead atoms. The zero-order valence-electron chi connectivity index (χ0n) is 16.1. The number of para-hydroxylation sites is 1. The lowest BCUT2D eigenvalue weighted by atomic mass is 9.99. The van der Waals surface area contributed by atoms with Gasteiger partial charge in [-0.3, -0.25) is 14.5 Å². The molecule has 1 aliphatic heterocycles. The molecular formula is C22H26N2O4. The highest BCUT2D eigenvalue weighted by Crippen LogP contribution is 2.28. The Bertz CT molecular complexity index is 801. The number of nitrogens with zero attached hydrogens (tertiary/aromatic N) is 2. The van der Waals surface area contributed by atoms with E-state index < -0.39 is 5.97 Å². The Labute approximate surface area is 165 Å². The van der Waals surface area contributed by atoms with Gasteiger partial charge in [-0.2, -0.15) is 0 Å². The normalized spacial score (nSPS) is 15.8. The quantitative estimate of drug-likeness (QED) is 0.797. The van der Waals surface area contributed by atoms with Crippen molar-refractivity contribution in [3.8, 4) is 5.75 Å². The Morgan fingerprint density at radius 3 is 2.29 bits per heavy atom. The molecule has 1 amide bonds. The Hall–Kier alpha value is -2.86. The van der Waals surface area contributed by atoms with Crippen molar-refractivity contribution in [3.63, 3.8) is 0 Å². The van der Waals surface area contributed by atoms with Crippen molar-refractivity contribution in [2.24, 2.45) is 0 Å². The predicted molar refractivity (Wildman–Crippen MR) is 107 cm³/mol. The van der Waals surface area contributed by atoms with E-state index in [0.29, 0.717) is 43.9 Å². The minimum atomic E-state index is -0.786. The standard InChI is InChI=1S/C22H26N2O4/c1-28-20-10-6-5-9-18(20)22(27)24-15-13-23(14-16-24)19(11-12-21(25)26)17-7-3-2-4-8-17/h2-10,19H,11-16H2,1H3,(H,25,26)/t19-/m0/s1. The van der Waals surface area contributed by atoms with Crippen LogP contribution in [0.5, 0.6) is 5.75 Å². The number of methoxy groups -OCH3 is 1. The lowest BCUT2D eigenvalue weighted by Gasteiger charge is -2.39. The number of hydrogen-bond acceptors (Lipinski definition) is 4. The number of hydrogen-bond donors (Lipinski definition) is 1. The van der Waals surface area contributed by atoms with E-state index in [-0.39, 0.29) is 18.4 Å². The average molecular weight is 382 g/mol. The van der Waals surface area contributed by atoms with Gasteiger partial charge in [-0.15, -0.1) is 0 Å². The van der Waals surface area contributed by atoms with E-state index in [1.54, 1.807) is 19.2 Å².